The summed E-state index contributed by atoms with van der Waals surface area (Å²) in [5, 5.41) is 5.70. The van der Waals surface area contributed by atoms with Crippen molar-refractivity contribution >= 4 is 24.0 Å². The van der Waals surface area contributed by atoms with Crippen LogP contribution in [0.15, 0.2) is 42.7 Å². The van der Waals surface area contributed by atoms with Crippen LogP contribution in [0.1, 0.15) is 0 Å². The number of methoxy groups -OCH3 is 1. The zero-order chi connectivity index (χ0) is 14.9. The van der Waals surface area contributed by atoms with E-state index in [1.807, 2.05) is 30.3 Å². The number of carbonyl (C=O) groups excluding carboxylic acids is 1. The Morgan fingerprint density at radius 1 is 1.18 bits per heavy atom. The van der Waals surface area contributed by atoms with Crippen molar-refractivity contribution in [2.24, 2.45) is 0 Å². The van der Waals surface area contributed by atoms with Crippen LogP contribution in [-0.2, 0) is 9.53 Å². The second-order valence-electron chi connectivity index (χ2n) is 4.38. The molecule has 2 rings (SSSR count). The molecule has 0 aliphatic carbocycles. The highest BCUT2D eigenvalue weighted by atomic mass is 35.5. The lowest BCUT2D eigenvalue weighted by Gasteiger charge is -2.06. The summed E-state index contributed by atoms with van der Waals surface area (Å²) in [4.78, 5) is 20.2. The van der Waals surface area contributed by atoms with Gasteiger partial charge in [0.15, 0.2) is 5.82 Å². The Morgan fingerprint density at radius 3 is 2.50 bits per heavy atom. The van der Waals surface area contributed by atoms with Gasteiger partial charge in [0.25, 0.3) is 0 Å². The SMILES string of the molecule is COCCNCC(=O)Nc1cnc(-c2ccccc2)nc1.Cl. The number of ether oxygens (including phenoxy) is 1. The lowest BCUT2D eigenvalue weighted by molar-refractivity contribution is -0.115. The fourth-order valence-corrected chi connectivity index (χ4v) is 1.71. The third-order valence-corrected chi connectivity index (χ3v) is 2.74. The van der Waals surface area contributed by atoms with Gasteiger partial charge in [-0.05, 0) is 0 Å². The minimum atomic E-state index is -0.137. The van der Waals surface area contributed by atoms with Crippen LogP contribution in [0.25, 0.3) is 11.4 Å². The van der Waals surface area contributed by atoms with Crippen LogP contribution in [0, 0.1) is 0 Å². The molecule has 0 saturated heterocycles. The van der Waals surface area contributed by atoms with Crippen molar-refractivity contribution in [3.05, 3.63) is 42.7 Å². The van der Waals surface area contributed by atoms with Gasteiger partial charge in [-0.2, -0.15) is 0 Å². The first-order valence-corrected chi connectivity index (χ1v) is 6.66. The zero-order valence-corrected chi connectivity index (χ0v) is 13.1. The summed E-state index contributed by atoms with van der Waals surface area (Å²) in [6.07, 6.45) is 3.20. The number of aromatic nitrogens is 2. The second-order valence-corrected chi connectivity index (χ2v) is 4.38. The van der Waals surface area contributed by atoms with Crippen LogP contribution in [-0.4, -0.2) is 42.7 Å². The second kappa shape index (κ2) is 9.83. The number of nitrogens with zero attached hydrogens (tertiary/aromatic N) is 2. The number of rotatable bonds is 7. The minimum Gasteiger partial charge on any atom is -0.383 e. The minimum absolute atomic E-state index is 0. The van der Waals surface area contributed by atoms with E-state index in [1.54, 1.807) is 19.5 Å². The van der Waals surface area contributed by atoms with E-state index >= 15 is 0 Å². The van der Waals surface area contributed by atoms with Crippen LogP contribution in [0.4, 0.5) is 5.69 Å². The maximum absolute atomic E-state index is 11.7. The average Bonchev–Trinajstić information content (AvgIpc) is 2.53. The molecule has 1 aromatic heterocycles. The molecule has 1 heterocycles. The van der Waals surface area contributed by atoms with Crippen molar-refractivity contribution in [2.45, 2.75) is 0 Å². The number of benzene rings is 1. The Balaban J connectivity index is 0.00000242. The van der Waals surface area contributed by atoms with Gasteiger partial charge in [-0.3, -0.25) is 4.79 Å². The van der Waals surface area contributed by atoms with Crippen molar-refractivity contribution in [1.29, 1.82) is 0 Å². The number of nitrogens with one attached hydrogen (secondary N) is 2. The van der Waals surface area contributed by atoms with Crippen molar-refractivity contribution in [2.75, 3.05) is 32.1 Å². The Labute approximate surface area is 135 Å². The Bertz CT molecular complexity index is 564. The first-order valence-electron chi connectivity index (χ1n) is 6.66. The average molecular weight is 323 g/mol. The summed E-state index contributed by atoms with van der Waals surface area (Å²) < 4.78 is 4.88. The zero-order valence-electron chi connectivity index (χ0n) is 12.3. The van der Waals surface area contributed by atoms with Gasteiger partial charge in [0.05, 0.1) is 31.2 Å². The van der Waals surface area contributed by atoms with E-state index in [1.165, 1.54) is 0 Å². The van der Waals surface area contributed by atoms with Gasteiger partial charge < -0.3 is 15.4 Å². The molecule has 2 aromatic rings. The van der Waals surface area contributed by atoms with Crippen molar-refractivity contribution in [3.63, 3.8) is 0 Å². The number of anilines is 1. The van der Waals surface area contributed by atoms with E-state index in [0.717, 1.165) is 5.56 Å². The van der Waals surface area contributed by atoms with E-state index in [2.05, 4.69) is 20.6 Å². The smallest absolute Gasteiger partial charge is 0.238 e. The third kappa shape index (κ3) is 5.77. The van der Waals surface area contributed by atoms with E-state index in [4.69, 9.17) is 4.74 Å². The fourth-order valence-electron chi connectivity index (χ4n) is 1.71. The van der Waals surface area contributed by atoms with Gasteiger partial charge in [-0.15, -0.1) is 12.4 Å². The van der Waals surface area contributed by atoms with Crippen LogP contribution in [0.2, 0.25) is 0 Å². The van der Waals surface area contributed by atoms with Crippen LogP contribution in [0.5, 0.6) is 0 Å². The van der Waals surface area contributed by atoms with Gasteiger partial charge in [0.1, 0.15) is 0 Å². The summed E-state index contributed by atoms with van der Waals surface area (Å²) in [6, 6.07) is 9.68. The summed E-state index contributed by atoms with van der Waals surface area (Å²) in [7, 11) is 1.62. The molecule has 22 heavy (non-hydrogen) atoms. The number of amides is 1. The molecule has 118 valence electrons. The van der Waals surface area contributed by atoms with Gasteiger partial charge >= 0.3 is 0 Å². The first-order chi connectivity index (χ1) is 10.3. The summed E-state index contributed by atoms with van der Waals surface area (Å²) in [5.74, 6) is 0.494. The van der Waals surface area contributed by atoms with Crippen LogP contribution in [0.3, 0.4) is 0 Å². The predicted molar refractivity (Wildman–Crippen MR) is 88.1 cm³/mol. The predicted octanol–water partition coefficient (Wildman–Crippen LogP) is 1.74. The number of carbonyl (C=O) groups is 1. The largest absolute Gasteiger partial charge is 0.383 e. The highest BCUT2D eigenvalue weighted by Crippen LogP contribution is 2.14. The molecule has 1 aromatic carbocycles. The summed E-state index contributed by atoms with van der Waals surface area (Å²) in [5.41, 5.74) is 1.52. The standard InChI is InChI=1S/C15H18N4O2.ClH/c1-21-8-7-16-11-14(20)19-13-9-17-15(18-10-13)12-5-3-2-4-6-12;/h2-6,9-10,16H,7-8,11H2,1H3,(H,19,20);1H. The number of halogens is 1. The van der Waals surface area contributed by atoms with Gasteiger partial charge in [-0.1, -0.05) is 30.3 Å². The molecule has 7 heteroatoms. The lowest BCUT2D eigenvalue weighted by Crippen LogP contribution is -2.30. The molecule has 0 aliphatic heterocycles. The summed E-state index contributed by atoms with van der Waals surface area (Å²) >= 11 is 0. The molecular formula is C15H19ClN4O2. The molecular weight excluding hydrogens is 304 g/mol. The lowest BCUT2D eigenvalue weighted by atomic mass is 10.2. The monoisotopic (exact) mass is 322 g/mol. The highest BCUT2D eigenvalue weighted by Gasteiger charge is 2.04. The Kier molecular flexibility index (Phi) is 8.06. The van der Waals surface area contributed by atoms with E-state index in [9.17, 15) is 4.79 Å². The molecule has 0 unspecified atom stereocenters. The molecule has 6 nitrogen and oxygen atoms in total. The highest BCUT2D eigenvalue weighted by molar-refractivity contribution is 5.91. The quantitative estimate of drug-likeness (QED) is 0.759. The first kappa shape index (κ1) is 18.0. The summed E-state index contributed by atoms with van der Waals surface area (Å²) in [6.45, 7) is 1.43. The molecule has 1 amide bonds. The topological polar surface area (TPSA) is 76.1 Å². The molecule has 0 radical (unpaired) electrons. The molecule has 0 fully saturated rings. The fraction of sp³-hybridized carbons (Fsp3) is 0.267. The molecule has 0 bridgehead atoms. The Morgan fingerprint density at radius 2 is 1.86 bits per heavy atom. The molecule has 2 N–H and O–H groups in total. The van der Waals surface area contributed by atoms with Crippen LogP contribution < -0.4 is 10.6 Å². The molecule has 0 aliphatic rings. The maximum Gasteiger partial charge on any atom is 0.238 e. The Hall–Kier alpha value is -2.02. The van der Waals surface area contributed by atoms with E-state index in [-0.39, 0.29) is 24.9 Å². The van der Waals surface area contributed by atoms with E-state index in [0.29, 0.717) is 24.7 Å². The number of hydrogen-bond acceptors (Lipinski definition) is 5. The van der Waals surface area contributed by atoms with Crippen molar-refractivity contribution < 1.29 is 9.53 Å². The van der Waals surface area contributed by atoms with Crippen LogP contribution >= 0.6 is 12.4 Å². The van der Waals surface area contributed by atoms with Gasteiger partial charge in [0, 0.05) is 19.2 Å². The van der Waals surface area contributed by atoms with E-state index < -0.39 is 0 Å². The molecule has 0 saturated carbocycles. The number of hydrogen-bond donors (Lipinski definition) is 2. The van der Waals surface area contributed by atoms with Gasteiger partial charge in [0.2, 0.25) is 5.91 Å². The third-order valence-electron chi connectivity index (χ3n) is 2.74. The van der Waals surface area contributed by atoms with Crippen molar-refractivity contribution in [3.8, 4) is 11.4 Å². The maximum atomic E-state index is 11.7. The van der Waals surface area contributed by atoms with Crippen molar-refractivity contribution in [1.82, 2.24) is 15.3 Å². The van der Waals surface area contributed by atoms with Gasteiger partial charge in [-0.25, -0.2) is 9.97 Å². The normalized spacial score (nSPS) is 9.86. The molecule has 0 atom stereocenters. The molecule has 0 spiro atoms.